The Kier molecular flexibility index (Phi) is 2.93. The molecule has 1 aromatic rings. The third-order valence-electron chi connectivity index (χ3n) is 3.42. The third-order valence-corrected chi connectivity index (χ3v) is 3.95. The van der Waals surface area contributed by atoms with E-state index in [1.165, 1.54) is 18.4 Å². The van der Waals surface area contributed by atoms with Gasteiger partial charge < -0.3 is 5.73 Å². The lowest BCUT2D eigenvalue weighted by molar-refractivity contribution is 0.479. The number of rotatable bonds is 1. The van der Waals surface area contributed by atoms with Crippen LogP contribution < -0.4 is 5.73 Å². The molecule has 14 heavy (non-hydrogen) atoms. The first-order valence-electron chi connectivity index (χ1n) is 5.19. The van der Waals surface area contributed by atoms with E-state index in [1.54, 1.807) is 0 Å². The summed E-state index contributed by atoms with van der Waals surface area (Å²) in [7, 11) is 0. The van der Waals surface area contributed by atoms with Gasteiger partial charge in [-0.25, -0.2) is 0 Å². The normalized spacial score (nSPS) is 32.1. The standard InChI is InChI=1S/C12H16BrN/c1-8-11(6-7-12(8)14)9-2-4-10(13)5-3-9/h2-5,8,11-12H,6-7,14H2,1H3. The molecular formula is C12H16BrN. The van der Waals surface area contributed by atoms with Gasteiger partial charge in [-0.15, -0.1) is 0 Å². The molecule has 3 unspecified atom stereocenters. The van der Waals surface area contributed by atoms with Crippen molar-refractivity contribution >= 4 is 15.9 Å². The van der Waals surface area contributed by atoms with Crippen molar-refractivity contribution in [1.29, 1.82) is 0 Å². The van der Waals surface area contributed by atoms with Crippen molar-refractivity contribution in [2.24, 2.45) is 11.7 Å². The highest BCUT2D eigenvalue weighted by Gasteiger charge is 2.30. The van der Waals surface area contributed by atoms with Crippen LogP contribution in [0.1, 0.15) is 31.2 Å². The molecule has 0 radical (unpaired) electrons. The lowest BCUT2D eigenvalue weighted by atomic mass is 9.89. The Morgan fingerprint density at radius 3 is 2.36 bits per heavy atom. The van der Waals surface area contributed by atoms with Crippen LogP contribution in [-0.4, -0.2) is 6.04 Å². The number of benzene rings is 1. The van der Waals surface area contributed by atoms with E-state index in [2.05, 4.69) is 47.1 Å². The van der Waals surface area contributed by atoms with Gasteiger partial charge in [0.25, 0.3) is 0 Å². The Bertz CT molecular complexity index is 307. The molecule has 0 bridgehead atoms. The van der Waals surface area contributed by atoms with Crippen molar-refractivity contribution in [3.8, 4) is 0 Å². The first-order valence-corrected chi connectivity index (χ1v) is 5.99. The first-order chi connectivity index (χ1) is 6.68. The summed E-state index contributed by atoms with van der Waals surface area (Å²) in [5.74, 6) is 1.29. The van der Waals surface area contributed by atoms with Crippen molar-refractivity contribution in [2.45, 2.75) is 31.7 Å². The highest BCUT2D eigenvalue weighted by molar-refractivity contribution is 9.10. The van der Waals surface area contributed by atoms with E-state index in [0.717, 1.165) is 4.47 Å². The lowest BCUT2D eigenvalue weighted by Crippen LogP contribution is -2.24. The summed E-state index contributed by atoms with van der Waals surface area (Å²) in [5, 5.41) is 0. The Balaban J connectivity index is 2.19. The number of hydrogen-bond donors (Lipinski definition) is 1. The minimum absolute atomic E-state index is 0.392. The van der Waals surface area contributed by atoms with Crippen LogP contribution in [0.4, 0.5) is 0 Å². The van der Waals surface area contributed by atoms with Gasteiger partial charge in [0.15, 0.2) is 0 Å². The quantitative estimate of drug-likeness (QED) is 0.817. The molecule has 76 valence electrons. The second-order valence-corrected chi connectivity index (χ2v) is 5.17. The molecule has 1 aliphatic carbocycles. The maximum Gasteiger partial charge on any atom is 0.0175 e. The zero-order valence-electron chi connectivity index (χ0n) is 8.41. The topological polar surface area (TPSA) is 26.0 Å². The van der Waals surface area contributed by atoms with Gasteiger partial charge in [-0.05, 0) is 42.4 Å². The summed E-state index contributed by atoms with van der Waals surface area (Å²) < 4.78 is 1.15. The van der Waals surface area contributed by atoms with Crippen molar-refractivity contribution in [3.05, 3.63) is 34.3 Å². The van der Waals surface area contributed by atoms with Crippen LogP contribution in [0.3, 0.4) is 0 Å². The highest BCUT2D eigenvalue weighted by Crippen LogP contribution is 2.38. The van der Waals surface area contributed by atoms with Crippen molar-refractivity contribution in [1.82, 2.24) is 0 Å². The predicted molar refractivity (Wildman–Crippen MR) is 63.3 cm³/mol. The Morgan fingerprint density at radius 1 is 1.21 bits per heavy atom. The van der Waals surface area contributed by atoms with E-state index in [9.17, 15) is 0 Å². The zero-order valence-corrected chi connectivity index (χ0v) is 10.00. The zero-order chi connectivity index (χ0) is 10.1. The minimum Gasteiger partial charge on any atom is -0.327 e. The molecule has 0 heterocycles. The van der Waals surface area contributed by atoms with Gasteiger partial charge in [0.1, 0.15) is 0 Å². The molecule has 2 heteroatoms. The van der Waals surface area contributed by atoms with Gasteiger partial charge in [0.05, 0.1) is 0 Å². The molecule has 3 atom stereocenters. The van der Waals surface area contributed by atoms with Gasteiger partial charge in [0.2, 0.25) is 0 Å². The number of halogens is 1. The molecule has 0 aromatic heterocycles. The lowest BCUT2D eigenvalue weighted by Gasteiger charge is -2.18. The molecule has 1 saturated carbocycles. The molecule has 2 N–H and O–H groups in total. The van der Waals surface area contributed by atoms with Crippen LogP contribution >= 0.6 is 15.9 Å². The van der Waals surface area contributed by atoms with Crippen LogP contribution in [0, 0.1) is 5.92 Å². The van der Waals surface area contributed by atoms with Crippen LogP contribution in [0.2, 0.25) is 0 Å². The monoisotopic (exact) mass is 253 g/mol. The van der Waals surface area contributed by atoms with Crippen LogP contribution in [-0.2, 0) is 0 Å². The fourth-order valence-electron chi connectivity index (χ4n) is 2.38. The average Bonchev–Trinajstić information content (AvgIpc) is 2.50. The van der Waals surface area contributed by atoms with E-state index >= 15 is 0 Å². The summed E-state index contributed by atoms with van der Waals surface area (Å²) in [6, 6.07) is 9.05. The second-order valence-electron chi connectivity index (χ2n) is 4.26. The first kappa shape index (κ1) is 10.2. The van der Waals surface area contributed by atoms with Crippen molar-refractivity contribution < 1.29 is 0 Å². The average molecular weight is 254 g/mol. The SMILES string of the molecule is CC1C(N)CCC1c1ccc(Br)cc1. The molecule has 0 spiro atoms. The molecule has 0 aliphatic heterocycles. The smallest absolute Gasteiger partial charge is 0.0175 e. The van der Waals surface area contributed by atoms with Gasteiger partial charge in [0, 0.05) is 10.5 Å². The molecule has 1 aromatic carbocycles. The van der Waals surface area contributed by atoms with Crippen LogP contribution in [0.15, 0.2) is 28.7 Å². The summed E-state index contributed by atoms with van der Waals surface area (Å²) in [5.41, 5.74) is 7.47. The van der Waals surface area contributed by atoms with Crippen molar-refractivity contribution in [3.63, 3.8) is 0 Å². The maximum atomic E-state index is 6.03. The van der Waals surface area contributed by atoms with E-state index in [4.69, 9.17) is 5.73 Å². The van der Waals surface area contributed by atoms with E-state index in [1.807, 2.05) is 0 Å². The summed E-state index contributed by atoms with van der Waals surface area (Å²) in [6.45, 7) is 2.27. The number of nitrogens with two attached hydrogens (primary N) is 1. The fraction of sp³-hybridized carbons (Fsp3) is 0.500. The number of hydrogen-bond acceptors (Lipinski definition) is 1. The minimum atomic E-state index is 0.392. The Morgan fingerprint density at radius 2 is 1.86 bits per heavy atom. The molecule has 1 fully saturated rings. The van der Waals surface area contributed by atoms with Crippen LogP contribution in [0.5, 0.6) is 0 Å². The molecule has 1 aliphatic rings. The molecular weight excluding hydrogens is 238 g/mol. The fourth-order valence-corrected chi connectivity index (χ4v) is 2.64. The van der Waals surface area contributed by atoms with E-state index in [-0.39, 0.29) is 0 Å². The largest absolute Gasteiger partial charge is 0.327 e. The van der Waals surface area contributed by atoms with E-state index in [0.29, 0.717) is 17.9 Å². The van der Waals surface area contributed by atoms with Gasteiger partial charge in [-0.2, -0.15) is 0 Å². The summed E-state index contributed by atoms with van der Waals surface area (Å²) in [6.07, 6.45) is 2.41. The van der Waals surface area contributed by atoms with Gasteiger partial charge in [-0.1, -0.05) is 35.0 Å². The molecule has 2 rings (SSSR count). The van der Waals surface area contributed by atoms with E-state index < -0.39 is 0 Å². The molecule has 1 nitrogen and oxygen atoms in total. The Hall–Kier alpha value is -0.340. The summed E-state index contributed by atoms with van der Waals surface area (Å²) in [4.78, 5) is 0. The molecule has 0 saturated heterocycles. The molecule has 0 amide bonds. The predicted octanol–water partition coefficient (Wildman–Crippen LogP) is 3.29. The van der Waals surface area contributed by atoms with Gasteiger partial charge >= 0.3 is 0 Å². The summed E-state index contributed by atoms with van der Waals surface area (Å²) >= 11 is 3.46. The second kappa shape index (κ2) is 4.03. The van der Waals surface area contributed by atoms with Gasteiger partial charge in [-0.3, -0.25) is 0 Å². The Labute approximate surface area is 93.8 Å². The highest BCUT2D eigenvalue weighted by atomic mass is 79.9. The third kappa shape index (κ3) is 1.86. The maximum absolute atomic E-state index is 6.03. The van der Waals surface area contributed by atoms with Crippen LogP contribution in [0.25, 0.3) is 0 Å². The van der Waals surface area contributed by atoms with Crippen molar-refractivity contribution in [2.75, 3.05) is 0 Å².